The highest BCUT2D eigenvalue weighted by Crippen LogP contribution is 2.49. The molecule has 0 heterocycles. The van der Waals surface area contributed by atoms with Crippen LogP contribution in [0.5, 0.6) is 5.75 Å². The number of carboxylic acids is 1. The first-order valence-corrected chi connectivity index (χ1v) is 6.08. The lowest BCUT2D eigenvalue weighted by molar-refractivity contribution is -0.385. The summed E-state index contributed by atoms with van der Waals surface area (Å²) in [7, 11) is 0. The molecule has 19 heavy (non-hydrogen) atoms. The SMILES string of the molecule is O=C(O)CC1(COc2cc(Cl)ccc2[N+](=O)[O-])CC1. The molecule has 0 radical (unpaired) electrons. The van der Waals surface area contributed by atoms with E-state index in [-0.39, 0.29) is 29.9 Å². The highest BCUT2D eigenvalue weighted by molar-refractivity contribution is 6.30. The van der Waals surface area contributed by atoms with Gasteiger partial charge in [0.15, 0.2) is 5.75 Å². The van der Waals surface area contributed by atoms with E-state index in [1.165, 1.54) is 18.2 Å². The number of carboxylic acid groups (broad SMARTS) is 1. The van der Waals surface area contributed by atoms with E-state index in [2.05, 4.69) is 0 Å². The number of nitro benzene ring substituents is 1. The number of halogens is 1. The van der Waals surface area contributed by atoms with Crippen LogP contribution < -0.4 is 4.74 Å². The van der Waals surface area contributed by atoms with Crippen molar-refractivity contribution in [1.82, 2.24) is 0 Å². The minimum absolute atomic E-state index is 0.0152. The molecule has 0 aliphatic heterocycles. The largest absolute Gasteiger partial charge is 0.486 e. The van der Waals surface area contributed by atoms with Crippen LogP contribution in [0, 0.1) is 15.5 Å². The number of aliphatic carboxylic acids is 1. The van der Waals surface area contributed by atoms with Crippen LogP contribution in [-0.4, -0.2) is 22.6 Å². The first-order chi connectivity index (χ1) is 8.92. The Hall–Kier alpha value is -1.82. The summed E-state index contributed by atoms with van der Waals surface area (Å²) < 4.78 is 5.42. The molecule has 0 amide bonds. The molecule has 2 rings (SSSR count). The molecule has 0 atom stereocenters. The lowest BCUT2D eigenvalue weighted by Crippen LogP contribution is -2.17. The molecule has 1 N–H and O–H groups in total. The van der Waals surface area contributed by atoms with Crippen LogP contribution in [0.25, 0.3) is 0 Å². The zero-order chi connectivity index (χ0) is 14.0. The van der Waals surface area contributed by atoms with Gasteiger partial charge in [0.2, 0.25) is 0 Å². The Morgan fingerprint density at radius 2 is 2.21 bits per heavy atom. The number of nitrogens with zero attached hydrogens (tertiary/aromatic N) is 1. The number of ether oxygens (including phenoxy) is 1. The molecule has 0 saturated heterocycles. The van der Waals surface area contributed by atoms with Crippen molar-refractivity contribution in [3.63, 3.8) is 0 Å². The number of benzene rings is 1. The van der Waals surface area contributed by atoms with Crippen LogP contribution in [0.1, 0.15) is 19.3 Å². The Kier molecular flexibility index (Phi) is 3.61. The highest BCUT2D eigenvalue weighted by Gasteiger charge is 2.45. The quantitative estimate of drug-likeness (QED) is 0.641. The molecule has 0 bridgehead atoms. The first kappa shape index (κ1) is 13.6. The van der Waals surface area contributed by atoms with E-state index in [4.69, 9.17) is 21.4 Å². The van der Waals surface area contributed by atoms with Gasteiger partial charge < -0.3 is 9.84 Å². The Morgan fingerprint density at radius 1 is 1.53 bits per heavy atom. The summed E-state index contributed by atoms with van der Waals surface area (Å²) in [6, 6.07) is 4.06. The molecule has 0 spiro atoms. The summed E-state index contributed by atoms with van der Waals surface area (Å²) in [4.78, 5) is 21.0. The lowest BCUT2D eigenvalue weighted by Gasteiger charge is -2.14. The summed E-state index contributed by atoms with van der Waals surface area (Å²) in [6.45, 7) is 0.153. The second kappa shape index (κ2) is 5.05. The minimum atomic E-state index is -0.887. The fourth-order valence-corrected chi connectivity index (χ4v) is 2.02. The summed E-state index contributed by atoms with van der Waals surface area (Å²) in [5.41, 5.74) is -0.558. The zero-order valence-electron chi connectivity index (χ0n) is 9.97. The number of rotatable bonds is 6. The number of carbonyl (C=O) groups is 1. The predicted molar refractivity (Wildman–Crippen MR) is 67.5 cm³/mol. The van der Waals surface area contributed by atoms with Crippen LogP contribution in [0.3, 0.4) is 0 Å². The van der Waals surface area contributed by atoms with Gasteiger partial charge in [-0.05, 0) is 18.9 Å². The Bertz CT molecular complexity index is 527. The molecule has 1 aromatic carbocycles. The third-order valence-corrected chi connectivity index (χ3v) is 3.37. The van der Waals surface area contributed by atoms with Gasteiger partial charge >= 0.3 is 11.7 Å². The molecule has 6 nitrogen and oxygen atoms in total. The van der Waals surface area contributed by atoms with E-state index in [0.717, 1.165) is 12.8 Å². The minimum Gasteiger partial charge on any atom is -0.486 e. The van der Waals surface area contributed by atoms with Gasteiger partial charge in [-0.15, -0.1) is 0 Å². The normalized spacial score (nSPS) is 15.8. The van der Waals surface area contributed by atoms with Gasteiger partial charge in [-0.25, -0.2) is 0 Å². The molecule has 7 heteroatoms. The first-order valence-electron chi connectivity index (χ1n) is 5.70. The summed E-state index contributed by atoms with van der Waals surface area (Å²) >= 11 is 5.77. The second-order valence-electron chi connectivity index (χ2n) is 4.73. The van der Waals surface area contributed by atoms with Crippen molar-refractivity contribution in [3.8, 4) is 5.75 Å². The Balaban J connectivity index is 2.09. The van der Waals surface area contributed by atoms with Crippen LogP contribution >= 0.6 is 11.6 Å². The molecule has 0 aromatic heterocycles. The molecule has 102 valence electrons. The average Bonchev–Trinajstić information content (AvgIpc) is 3.05. The van der Waals surface area contributed by atoms with Crippen LogP contribution in [0.4, 0.5) is 5.69 Å². The van der Waals surface area contributed by atoms with E-state index >= 15 is 0 Å². The van der Waals surface area contributed by atoms with E-state index < -0.39 is 10.9 Å². The monoisotopic (exact) mass is 285 g/mol. The van der Waals surface area contributed by atoms with Crippen molar-refractivity contribution in [1.29, 1.82) is 0 Å². The molecule has 1 aromatic rings. The maximum Gasteiger partial charge on any atom is 0.311 e. The van der Waals surface area contributed by atoms with Gasteiger partial charge in [0.25, 0.3) is 0 Å². The topological polar surface area (TPSA) is 89.7 Å². The van der Waals surface area contributed by atoms with Gasteiger partial charge in [0.1, 0.15) is 0 Å². The van der Waals surface area contributed by atoms with Crippen molar-refractivity contribution < 1.29 is 19.6 Å². The summed E-state index contributed by atoms with van der Waals surface area (Å²) in [6.07, 6.45) is 1.53. The van der Waals surface area contributed by atoms with E-state index in [0.29, 0.717) is 5.02 Å². The highest BCUT2D eigenvalue weighted by atomic mass is 35.5. The second-order valence-corrected chi connectivity index (χ2v) is 5.16. The number of hydrogen-bond acceptors (Lipinski definition) is 4. The lowest BCUT2D eigenvalue weighted by atomic mass is 10.0. The predicted octanol–water partition coefficient (Wildman–Crippen LogP) is 2.88. The smallest absolute Gasteiger partial charge is 0.311 e. The maximum atomic E-state index is 10.8. The van der Waals surface area contributed by atoms with E-state index in [1.807, 2.05) is 0 Å². The molecule has 1 aliphatic carbocycles. The van der Waals surface area contributed by atoms with Crippen molar-refractivity contribution in [2.45, 2.75) is 19.3 Å². The number of nitro groups is 1. The van der Waals surface area contributed by atoms with Gasteiger partial charge in [-0.3, -0.25) is 14.9 Å². The molecule has 1 saturated carbocycles. The van der Waals surface area contributed by atoms with Gasteiger partial charge in [0.05, 0.1) is 18.0 Å². The zero-order valence-corrected chi connectivity index (χ0v) is 10.7. The summed E-state index contributed by atoms with van der Waals surface area (Å²) in [5, 5.41) is 20.0. The van der Waals surface area contributed by atoms with Crippen LogP contribution in [0.2, 0.25) is 5.02 Å². The Labute approximate surface area is 114 Å². The van der Waals surface area contributed by atoms with Crippen molar-refractivity contribution >= 4 is 23.3 Å². The van der Waals surface area contributed by atoms with Crippen molar-refractivity contribution in [3.05, 3.63) is 33.3 Å². The van der Waals surface area contributed by atoms with Crippen LogP contribution in [0.15, 0.2) is 18.2 Å². The van der Waals surface area contributed by atoms with E-state index in [9.17, 15) is 14.9 Å². The number of hydrogen-bond donors (Lipinski definition) is 1. The molecule has 0 unspecified atom stereocenters. The maximum absolute atomic E-state index is 10.8. The average molecular weight is 286 g/mol. The summed E-state index contributed by atoms with van der Waals surface area (Å²) in [5.74, 6) is -0.809. The van der Waals surface area contributed by atoms with Gasteiger partial charge in [-0.1, -0.05) is 11.6 Å². The molecule has 1 fully saturated rings. The Morgan fingerprint density at radius 3 is 2.74 bits per heavy atom. The van der Waals surface area contributed by atoms with Crippen molar-refractivity contribution in [2.75, 3.05) is 6.61 Å². The van der Waals surface area contributed by atoms with Gasteiger partial charge in [0, 0.05) is 22.6 Å². The fraction of sp³-hybridized carbons (Fsp3) is 0.417. The third kappa shape index (κ3) is 3.35. The van der Waals surface area contributed by atoms with Crippen LogP contribution in [-0.2, 0) is 4.79 Å². The van der Waals surface area contributed by atoms with Gasteiger partial charge in [-0.2, -0.15) is 0 Å². The van der Waals surface area contributed by atoms with Crippen molar-refractivity contribution in [2.24, 2.45) is 5.41 Å². The molecular weight excluding hydrogens is 274 g/mol. The molecule has 1 aliphatic rings. The fourth-order valence-electron chi connectivity index (χ4n) is 1.85. The third-order valence-electron chi connectivity index (χ3n) is 3.14. The standard InChI is InChI=1S/C12H12ClNO5/c13-8-1-2-9(14(17)18)10(5-8)19-7-12(3-4-12)6-11(15)16/h1-2,5H,3-4,6-7H2,(H,15,16). The van der Waals surface area contributed by atoms with E-state index in [1.54, 1.807) is 0 Å². The molecular formula is C12H12ClNO5.